The number of hydrogen-bond donors (Lipinski definition) is 1. The van der Waals surface area contributed by atoms with E-state index in [9.17, 15) is 4.79 Å². The summed E-state index contributed by atoms with van der Waals surface area (Å²) in [6.07, 6.45) is 5.09. The van der Waals surface area contributed by atoms with Crippen molar-refractivity contribution in [2.45, 2.75) is 66.7 Å². The van der Waals surface area contributed by atoms with Crippen molar-refractivity contribution in [3.8, 4) is 5.75 Å². The van der Waals surface area contributed by atoms with Crippen molar-refractivity contribution in [3.63, 3.8) is 0 Å². The normalized spacial score (nSPS) is 12.3. The number of carbonyl (C=O) groups excluding carboxylic acids is 1. The van der Waals surface area contributed by atoms with Crippen LogP contribution in [0.3, 0.4) is 0 Å². The highest BCUT2D eigenvalue weighted by atomic mass is 16.5. The predicted molar refractivity (Wildman–Crippen MR) is 144 cm³/mol. The van der Waals surface area contributed by atoms with Crippen molar-refractivity contribution < 1.29 is 9.53 Å². The number of anilines is 1. The third-order valence-corrected chi connectivity index (χ3v) is 6.10. The molecule has 5 heteroatoms. The molecule has 0 aliphatic heterocycles. The van der Waals surface area contributed by atoms with Gasteiger partial charge in [0.05, 0.1) is 17.9 Å². The number of nitrogens with one attached hydrogen (secondary N) is 1. The van der Waals surface area contributed by atoms with E-state index in [0.717, 1.165) is 51.3 Å². The lowest BCUT2D eigenvalue weighted by atomic mass is 10.0. The summed E-state index contributed by atoms with van der Waals surface area (Å²) < 4.78 is 5.99. The molecule has 1 aliphatic carbocycles. The zero-order valence-electron chi connectivity index (χ0n) is 21.6. The summed E-state index contributed by atoms with van der Waals surface area (Å²) >= 11 is 0. The monoisotopic (exact) mass is 471 g/mol. The molecule has 35 heavy (non-hydrogen) atoms. The zero-order valence-corrected chi connectivity index (χ0v) is 21.6. The Labute approximate surface area is 209 Å². The second-order valence-electron chi connectivity index (χ2n) is 8.78. The molecule has 0 unspecified atom stereocenters. The molecule has 0 saturated heterocycles. The third-order valence-electron chi connectivity index (χ3n) is 6.10. The summed E-state index contributed by atoms with van der Waals surface area (Å²) in [5.74, 6) is 0.710. The second-order valence-corrected chi connectivity index (χ2v) is 8.78. The zero-order chi connectivity index (χ0) is 25.4. The highest BCUT2D eigenvalue weighted by molar-refractivity contribution is 5.78. The average Bonchev–Trinajstić information content (AvgIpc) is 3.69. The molecule has 2 aromatic carbocycles. The van der Waals surface area contributed by atoms with E-state index < -0.39 is 0 Å². The maximum absolute atomic E-state index is 12.1. The minimum atomic E-state index is 0.385. The van der Waals surface area contributed by atoms with Crippen LogP contribution in [0.25, 0.3) is 5.70 Å². The van der Waals surface area contributed by atoms with Crippen molar-refractivity contribution in [2.75, 3.05) is 4.90 Å². The lowest BCUT2D eigenvalue weighted by Crippen LogP contribution is -2.22. The van der Waals surface area contributed by atoms with Crippen LogP contribution in [0.5, 0.6) is 5.75 Å². The predicted octanol–water partition coefficient (Wildman–Crippen LogP) is 6.50. The Morgan fingerprint density at radius 2 is 1.86 bits per heavy atom. The Hall–Kier alpha value is -3.60. The molecule has 184 valence electrons. The lowest BCUT2D eigenvalue weighted by molar-refractivity contribution is -0.107. The van der Waals surface area contributed by atoms with Gasteiger partial charge in [-0.15, -0.1) is 0 Å². The number of benzene rings is 2. The minimum absolute atomic E-state index is 0.385. The van der Waals surface area contributed by atoms with Gasteiger partial charge < -0.3 is 15.0 Å². The molecule has 0 bridgehead atoms. The fraction of sp³-hybridized carbons (Fsp3) is 0.333. The summed E-state index contributed by atoms with van der Waals surface area (Å²) in [5.41, 5.74) is 8.13. The molecule has 0 atom stereocenters. The molecule has 5 nitrogen and oxygen atoms in total. The number of hydrogen-bond acceptors (Lipinski definition) is 4. The molecule has 0 radical (unpaired) electrons. The number of pyridine rings is 1. The number of rotatable bonds is 10. The van der Waals surface area contributed by atoms with Crippen LogP contribution in [0, 0.1) is 20.8 Å². The van der Waals surface area contributed by atoms with E-state index in [2.05, 4.69) is 42.0 Å². The van der Waals surface area contributed by atoms with Gasteiger partial charge in [0, 0.05) is 24.0 Å². The van der Waals surface area contributed by atoms with Gasteiger partial charge >= 0.3 is 0 Å². The topological polar surface area (TPSA) is 54.5 Å². The maximum Gasteiger partial charge on any atom is 0.214 e. The standard InChI is InChI=1S/C28H31N3O2.C2H6/c1-19-6-5-13-29-27(19)17-33-26-12-7-20(2)28(15-26)31(18-32)16-24-9-8-23(14-21(24)3)22(4)30-25-10-11-25;1-2/h5-9,12-15,18,25,30H,4,10-11,16-17H2,1-3H3;1-2H3. The van der Waals surface area contributed by atoms with Gasteiger partial charge in [0.25, 0.3) is 0 Å². The number of nitrogens with zero attached hydrogens (tertiary/aromatic N) is 2. The molecule has 1 aliphatic rings. The van der Waals surface area contributed by atoms with E-state index in [4.69, 9.17) is 4.74 Å². The van der Waals surface area contributed by atoms with Crippen LogP contribution in [0.2, 0.25) is 0 Å². The van der Waals surface area contributed by atoms with E-state index in [-0.39, 0.29) is 0 Å². The van der Waals surface area contributed by atoms with Crippen molar-refractivity contribution >= 4 is 17.8 Å². The van der Waals surface area contributed by atoms with Crippen LogP contribution in [-0.4, -0.2) is 17.4 Å². The molecule has 3 aromatic rings. The van der Waals surface area contributed by atoms with Gasteiger partial charge in [0.15, 0.2) is 0 Å². The van der Waals surface area contributed by atoms with Gasteiger partial charge in [-0.05, 0) is 79.6 Å². The summed E-state index contributed by atoms with van der Waals surface area (Å²) in [7, 11) is 0. The Balaban J connectivity index is 0.00000167. The summed E-state index contributed by atoms with van der Waals surface area (Å²) in [5, 5.41) is 3.46. The first-order chi connectivity index (χ1) is 16.9. The van der Waals surface area contributed by atoms with Gasteiger partial charge in [-0.1, -0.05) is 44.7 Å². The first-order valence-corrected chi connectivity index (χ1v) is 12.4. The maximum atomic E-state index is 12.1. The molecule has 0 spiro atoms. The molecule has 1 heterocycles. The largest absolute Gasteiger partial charge is 0.487 e. The molecular weight excluding hydrogens is 434 g/mol. The van der Waals surface area contributed by atoms with E-state index in [1.54, 1.807) is 11.1 Å². The van der Waals surface area contributed by atoms with Crippen molar-refractivity contribution in [2.24, 2.45) is 0 Å². The number of aromatic nitrogens is 1. The number of aryl methyl sites for hydroxylation is 3. The molecule has 1 saturated carbocycles. The van der Waals surface area contributed by atoms with Gasteiger partial charge in [0.2, 0.25) is 6.41 Å². The Morgan fingerprint density at radius 3 is 2.51 bits per heavy atom. The van der Waals surface area contributed by atoms with Crippen molar-refractivity contribution in [1.29, 1.82) is 0 Å². The summed E-state index contributed by atoms with van der Waals surface area (Å²) in [6, 6.07) is 16.6. The van der Waals surface area contributed by atoms with Crippen LogP contribution in [0.15, 0.2) is 61.3 Å². The minimum Gasteiger partial charge on any atom is -0.487 e. The smallest absolute Gasteiger partial charge is 0.214 e. The third kappa shape index (κ3) is 6.95. The number of carbonyl (C=O) groups is 1. The fourth-order valence-corrected chi connectivity index (χ4v) is 3.79. The fourth-order valence-electron chi connectivity index (χ4n) is 3.79. The number of ether oxygens (including phenoxy) is 1. The van der Waals surface area contributed by atoms with E-state index in [1.807, 2.05) is 58.0 Å². The van der Waals surface area contributed by atoms with Crippen molar-refractivity contribution in [1.82, 2.24) is 10.3 Å². The van der Waals surface area contributed by atoms with Crippen LogP contribution >= 0.6 is 0 Å². The molecular formula is C30H37N3O2. The van der Waals surface area contributed by atoms with Crippen LogP contribution in [0.4, 0.5) is 5.69 Å². The summed E-state index contributed by atoms with van der Waals surface area (Å²) in [6.45, 7) is 15.1. The Kier molecular flexibility index (Phi) is 9.07. The summed E-state index contributed by atoms with van der Waals surface area (Å²) in [4.78, 5) is 18.2. The second kappa shape index (κ2) is 12.2. The van der Waals surface area contributed by atoms with E-state index in [1.165, 1.54) is 12.8 Å². The average molecular weight is 472 g/mol. The molecule has 1 fully saturated rings. The van der Waals surface area contributed by atoms with Gasteiger partial charge in [0.1, 0.15) is 12.4 Å². The Bertz CT molecular complexity index is 1170. The highest BCUT2D eigenvalue weighted by Crippen LogP contribution is 2.28. The first kappa shape index (κ1) is 26.0. The first-order valence-electron chi connectivity index (χ1n) is 12.4. The highest BCUT2D eigenvalue weighted by Gasteiger charge is 2.21. The van der Waals surface area contributed by atoms with Gasteiger partial charge in [-0.25, -0.2) is 0 Å². The lowest BCUT2D eigenvalue weighted by Gasteiger charge is -2.22. The van der Waals surface area contributed by atoms with E-state index in [0.29, 0.717) is 24.9 Å². The van der Waals surface area contributed by atoms with Crippen LogP contribution in [-0.2, 0) is 17.9 Å². The molecule has 1 N–H and O–H groups in total. The van der Waals surface area contributed by atoms with E-state index >= 15 is 0 Å². The van der Waals surface area contributed by atoms with Crippen LogP contribution in [0.1, 0.15) is 60.2 Å². The van der Waals surface area contributed by atoms with Crippen molar-refractivity contribution in [3.05, 3.63) is 94.8 Å². The quantitative estimate of drug-likeness (QED) is 0.343. The number of amides is 1. The molecule has 1 aromatic heterocycles. The SMILES string of the molecule is C=C(NC1CC1)c1ccc(CN(C=O)c2cc(OCc3ncccc3C)ccc2C)c(C)c1.CC. The Morgan fingerprint density at radius 1 is 1.09 bits per heavy atom. The van der Waals surface area contributed by atoms with Gasteiger partial charge in [-0.2, -0.15) is 0 Å². The molecule has 4 rings (SSSR count). The van der Waals surface area contributed by atoms with Crippen LogP contribution < -0.4 is 15.0 Å². The van der Waals surface area contributed by atoms with Gasteiger partial charge in [-0.3, -0.25) is 9.78 Å². The molecule has 1 amide bonds.